The van der Waals surface area contributed by atoms with Crippen LogP contribution < -0.4 is 5.32 Å². The molecule has 1 aliphatic heterocycles. The van der Waals surface area contributed by atoms with Crippen LogP contribution in [0.15, 0.2) is 21.8 Å². The van der Waals surface area contributed by atoms with Gasteiger partial charge in [-0.1, -0.05) is 18.0 Å². The van der Waals surface area contributed by atoms with Crippen LogP contribution in [0.25, 0.3) is 0 Å². The van der Waals surface area contributed by atoms with E-state index in [1.165, 1.54) is 25.7 Å². The van der Waals surface area contributed by atoms with Crippen molar-refractivity contribution in [2.24, 2.45) is 4.99 Å². The van der Waals surface area contributed by atoms with E-state index in [0.29, 0.717) is 6.10 Å². The minimum Gasteiger partial charge on any atom is -0.378 e. The van der Waals surface area contributed by atoms with E-state index < -0.39 is 0 Å². The summed E-state index contributed by atoms with van der Waals surface area (Å²) in [5, 5.41) is 7.46. The predicted molar refractivity (Wildman–Crippen MR) is 113 cm³/mol. The van der Waals surface area contributed by atoms with Gasteiger partial charge in [0.25, 0.3) is 0 Å². The number of ether oxygens (including phenoxy) is 1. The van der Waals surface area contributed by atoms with Crippen LogP contribution in [0.3, 0.4) is 0 Å². The highest BCUT2D eigenvalue weighted by molar-refractivity contribution is 14.0. The van der Waals surface area contributed by atoms with Crippen LogP contribution in [0.5, 0.6) is 0 Å². The average molecular weight is 477 g/mol. The lowest BCUT2D eigenvalue weighted by molar-refractivity contribution is 0.0572. The summed E-state index contributed by atoms with van der Waals surface area (Å²) in [4.78, 5) is 9.16. The Morgan fingerprint density at radius 3 is 2.73 bits per heavy atom. The van der Waals surface area contributed by atoms with E-state index in [1.54, 1.807) is 6.26 Å². The summed E-state index contributed by atoms with van der Waals surface area (Å²) in [6.45, 7) is 6.61. The lowest BCUT2D eigenvalue weighted by Gasteiger charge is -2.36. The van der Waals surface area contributed by atoms with Crippen LogP contribution in [-0.2, 0) is 11.3 Å². The SMILES string of the molecule is CN=C(NCCCOC1CCCC1)N1CCN(Cc2ccon2)CC1.I. The van der Waals surface area contributed by atoms with Crippen LogP contribution in [0.2, 0.25) is 0 Å². The first-order valence-corrected chi connectivity index (χ1v) is 9.54. The van der Waals surface area contributed by atoms with Crippen LogP contribution in [-0.4, -0.2) is 73.4 Å². The van der Waals surface area contributed by atoms with E-state index in [1.807, 2.05) is 13.1 Å². The molecule has 1 N–H and O–H groups in total. The molecule has 1 aliphatic carbocycles. The second kappa shape index (κ2) is 11.8. The second-order valence-corrected chi connectivity index (χ2v) is 6.86. The smallest absolute Gasteiger partial charge is 0.193 e. The second-order valence-electron chi connectivity index (χ2n) is 6.86. The maximum Gasteiger partial charge on any atom is 0.193 e. The van der Waals surface area contributed by atoms with Gasteiger partial charge in [-0.2, -0.15) is 0 Å². The highest BCUT2D eigenvalue weighted by Crippen LogP contribution is 2.20. The third-order valence-corrected chi connectivity index (χ3v) is 5.02. The van der Waals surface area contributed by atoms with Crippen molar-refractivity contribution in [3.05, 3.63) is 18.0 Å². The number of nitrogens with one attached hydrogen (secondary N) is 1. The molecule has 0 amide bonds. The van der Waals surface area contributed by atoms with Gasteiger partial charge in [0.1, 0.15) is 6.26 Å². The van der Waals surface area contributed by atoms with Gasteiger partial charge in [0.15, 0.2) is 5.96 Å². The summed E-state index contributed by atoms with van der Waals surface area (Å²) < 4.78 is 10.8. The number of aromatic nitrogens is 1. The molecule has 0 aromatic carbocycles. The predicted octanol–water partition coefficient (Wildman–Crippen LogP) is 2.33. The summed E-state index contributed by atoms with van der Waals surface area (Å²) in [7, 11) is 1.86. The molecule has 0 atom stereocenters. The normalized spacial score (nSPS) is 19.6. The summed E-state index contributed by atoms with van der Waals surface area (Å²) in [6, 6.07) is 1.93. The van der Waals surface area contributed by atoms with Gasteiger partial charge in [-0.15, -0.1) is 24.0 Å². The molecule has 1 aromatic rings. The van der Waals surface area contributed by atoms with Crippen LogP contribution >= 0.6 is 24.0 Å². The zero-order valence-corrected chi connectivity index (χ0v) is 18.1. The van der Waals surface area contributed by atoms with Crippen molar-refractivity contribution < 1.29 is 9.26 Å². The van der Waals surface area contributed by atoms with Crippen molar-refractivity contribution in [3.63, 3.8) is 0 Å². The molecular weight excluding hydrogens is 445 g/mol. The third kappa shape index (κ3) is 6.70. The Balaban J connectivity index is 0.00000243. The number of aliphatic imine (C=N–C) groups is 1. The van der Waals surface area contributed by atoms with E-state index in [2.05, 4.69) is 25.3 Å². The highest BCUT2D eigenvalue weighted by atomic mass is 127. The van der Waals surface area contributed by atoms with Gasteiger partial charge >= 0.3 is 0 Å². The zero-order valence-electron chi connectivity index (χ0n) is 15.7. The molecule has 8 heteroatoms. The summed E-state index contributed by atoms with van der Waals surface area (Å²) >= 11 is 0. The molecule has 0 spiro atoms. The van der Waals surface area contributed by atoms with Crippen molar-refractivity contribution in [1.82, 2.24) is 20.3 Å². The molecule has 2 fully saturated rings. The number of piperazine rings is 1. The largest absolute Gasteiger partial charge is 0.378 e. The number of rotatable bonds is 7. The fraction of sp³-hybridized carbons (Fsp3) is 0.778. The molecule has 2 heterocycles. The molecule has 1 saturated heterocycles. The van der Waals surface area contributed by atoms with Gasteiger partial charge in [0, 0.05) is 59.0 Å². The maximum atomic E-state index is 5.91. The fourth-order valence-corrected chi connectivity index (χ4v) is 3.58. The summed E-state index contributed by atoms with van der Waals surface area (Å²) in [5.74, 6) is 1.00. The number of halogens is 1. The third-order valence-electron chi connectivity index (χ3n) is 5.02. The van der Waals surface area contributed by atoms with Crippen molar-refractivity contribution in [1.29, 1.82) is 0 Å². The molecule has 7 nitrogen and oxygen atoms in total. The summed E-state index contributed by atoms with van der Waals surface area (Å²) in [5.41, 5.74) is 0.998. The molecule has 2 aliphatic rings. The summed E-state index contributed by atoms with van der Waals surface area (Å²) in [6.07, 6.45) is 8.32. The Hall–Kier alpha value is -0.870. The minimum atomic E-state index is 0. The monoisotopic (exact) mass is 477 g/mol. The van der Waals surface area contributed by atoms with Crippen molar-refractivity contribution >= 4 is 29.9 Å². The molecule has 1 saturated carbocycles. The Morgan fingerprint density at radius 1 is 1.31 bits per heavy atom. The van der Waals surface area contributed by atoms with Crippen LogP contribution in [0.1, 0.15) is 37.8 Å². The first kappa shape index (κ1) is 21.4. The van der Waals surface area contributed by atoms with E-state index in [-0.39, 0.29) is 24.0 Å². The Kier molecular flexibility index (Phi) is 9.69. The van der Waals surface area contributed by atoms with E-state index in [0.717, 1.165) is 63.9 Å². The van der Waals surface area contributed by atoms with E-state index >= 15 is 0 Å². The average Bonchev–Trinajstić information content (AvgIpc) is 3.33. The Morgan fingerprint density at radius 2 is 2.08 bits per heavy atom. The van der Waals surface area contributed by atoms with Gasteiger partial charge < -0.3 is 19.5 Å². The van der Waals surface area contributed by atoms with Gasteiger partial charge in [-0.3, -0.25) is 9.89 Å². The molecule has 0 unspecified atom stereocenters. The molecule has 0 radical (unpaired) electrons. The van der Waals surface area contributed by atoms with Crippen molar-refractivity contribution in [3.8, 4) is 0 Å². The highest BCUT2D eigenvalue weighted by Gasteiger charge is 2.20. The van der Waals surface area contributed by atoms with E-state index in [9.17, 15) is 0 Å². The first-order chi connectivity index (χ1) is 12.3. The fourth-order valence-electron chi connectivity index (χ4n) is 3.58. The number of guanidine groups is 1. The molecule has 0 bridgehead atoms. The van der Waals surface area contributed by atoms with Crippen LogP contribution in [0.4, 0.5) is 0 Å². The van der Waals surface area contributed by atoms with Gasteiger partial charge in [0.05, 0.1) is 11.8 Å². The Bertz CT molecular complexity index is 512. The number of hydrogen-bond acceptors (Lipinski definition) is 5. The lowest BCUT2D eigenvalue weighted by Crippen LogP contribution is -2.52. The first-order valence-electron chi connectivity index (χ1n) is 9.54. The molecule has 1 aromatic heterocycles. The van der Waals surface area contributed by atoms with Crippen molar-refractivity contribution in [2.45, 2.75) is 44.8 Å². The maximum absolute atomic E-state index is 5.91. The number of nitrogens with zero attached hydrogens (tertiary/aromatic N) is 4. The lowest BCUT2D eigenvalue weighted by atomic mass is 10.3. The van der Waals surface area contributed by atoms with Crippen LogP contribution in [0, 0.1) is 0 Å². The topological polar surface area (TPSA) is 66.1 Å². The molecule has 26 heavy (non-hydrogen) atoms. The minimum absolute atomic E-state index is 0. The molecular formula is C18H32IN5O2. The van der Waals surface area contributed by atoms with Gasteiger partial charge in [-0.05, 0) is 19.3 Å². The molecule has 3 rings (SSSR count). The standard InChI is InChI=1S/C18H31N5O2.HI/c1-19-18(20-8-4-13-24-17-5-2-3-6-17)23-11-9-22(10-12-23)15-16-7-14-25-21-16;/h7,14,17H,2-6,8-13,15H2,1H3,(H,19,20);1H. The van der Waals surface area contributed by atoms with Crippen molar-refractivity contribution in [2.75, 3.05) is 46.4 Å². The molecule has 148 valence electrons. The zero-order chi connectivity index (χ0) is 17.3. The van der Waals surface area contributed by atoms with Gasteiger partial charge in [0.2, 0.25) is 0 Å². The Labute approximate surface area is 173 Å². The quantitative estimate of drug-likeness (QED) is 0.282. The number of hydrogen-bond donors (Lipinski definition) is 1. The van der Waals surface area contributed by atoms with E-state index in [4.69, 9.17) is 9.26 Å². The van der Waals surface area contributed by atoms with Gasteiger partial charge in [-0.25, -0.2) is 0 Å².